The van der Waals surface area contributed by atoms with Crippen molar-refractivity contribution in [1.82, 2.24) is 10.0 Å². The first-order chi connectivity index (χ1) is 9.12. The van der Waals surface area contributed by atoms with Gasteiger partial charge in [0.25, 0.3) is 10.0 Å². The van der Waals surface area contributed by atoms with Gasteiger partial charge in [-0.3, -0.25) is 0 Å². The van der Waals surface area contributed by atoms with Crippen LogP contribution in [-0.4, -0.2) is 35.2 Å². The van der Waals surface area contributed by atoms with Crippen LogP contribution in [0.5, 0.6) is 0 Å². The highest BCUT2D eigenvalue weighted by Gasteiger charge is 2.21. The molecular weight excluding hydrogens is 268 g/mol. The van der Waals surface area contributed by atoms with Crippen LogP contribution in [0.1, 0.15) is 18.6 Å². The Bertz CT molecular complexity index is 494. The van der Waals surface area contributed by atoms with Gasteiger partial charge in [0.05, 0.1) is 13.2 Å². The summed E-state index contributed by atoms with van der Waals surface area (Å²) in [7, 11) is -1.80. The third-order valence-electron chi connectivity index (χ3n) is 2.84. The van der Waals surface area contributed by atoms with Crippen LogP contribution in [0.15, 0.2) is 21.6 Å². The van der Waals surface area contributed by atoms with Crippen LogP contribution < -0.4 is 10.0 Å². The van der Waals surface area contributed by atoms with Crippen LogP contribution in [0.4, 0.5) is 0 Å². The van der Waals surface area contributed by atoms with E-state index in [1.54, 1.807) is 13.1 Å². The molecule has 1 heterocycles. The summed E-state index contributed by atoms with van der Waals surface area (Å²) in [6.07, 6.45) is 2.46. The Hall–Kier alpha value is -0.890. The van der Waals surface area contributed by atoms with Crippen LogP contribution in [0.2, 0.25) is 0 Å². The Morgan fingerprint density at radius 1 is 1.42 bits per heavy atom. The first-order valence-electron chi connectivity index (χ1n) is 6.42. The van der Waals surface area contributed by atoms with Crippen LogP contribution in [0.25, 0.3) is 0 Å². The van der Waals surface area contributed by atoms with Crippen LogP contribution >= 0.6 is 0 Å². The van der Waals surface area contributed by atoms with E-state index in [0.29, 0.717) is 24.8 Å². The van der Waals surface area contributed by atoms with Crippen molar-refractivity contribution < 1.29 is 17.6 Å². The molecule has 0 saturated heterocycles. The summed E-state index contributed by atoms with van der Waals surface area (Å²) in [5, 5.41) is 2.84. The van der Waals surface area contributed by atoms with Crippen molar-refractivity contribution in [2.75, 3.05) is 26.8 Å². The second-order valence-electron chi connectivity index (χ2n) is 4.67. The van der Waals surface area contributed by atoms with Gasteiger partial charge in [0.1, 0.15) is 5.76 Å². The monoisotopic (exact) mass is 288 g/mol. The van der Waals surface area contributed by atoms with E-state index in [0.717, 1.165) is 6.61 Å². The van der Waals surface area contributed by atoms with Crippen molar-refractivity contribution in [1.29, 1.82) is 0 Å². The Morgan fingerprint density at radius 3 is 2.89 bits per heavy atom. The fourth-order valence-corrected chi connectivity index (χ4v) is 2.58. The topological polar surface area (TPSA) is 80.6 Å². The number of sulfonamides is 1. The smallest absolute Gasteiger partial charge is 0.274 e. The maximum absolute atomic E-state index is 11.9. The maximum atomic E-state index is 11.9. The normalized spacial score (nSPS) is 15.8. The zero-order chi connectivity index (χ0) is 13.7. The van der Waals surface area contributed by atoms with E-state index < -0.39 is 10.0 Å². The molecule has 7 heteroatoms. The zero-order valence-corrected chi connectivity index (χ0v) is 11.8. The van der Waals surface area contributed by atoms with Crippen molar-refractivity contribution in [3.05, 3.63) is 17.9 Å². The number of nitrogens with one attached hydrogen (secondary N) is 2. The number of rotatable bonds is 9. The van der Waals surface area contributed by atoms with Crippen molar-refractivity contribution >= 4 is 10.0 Å². The molecule has 0 aliphatic heterocycles. The molecule has 1 aliphatic carbocycles. The molecule has 1 saturated carbocycles. The molecule has 0 amide bonds. The summed E-state index contributed by atoms with van der Waals surface area (Å²) in [5.41, 5.74) is 0. The molecule has 0 spiro atoms. The van der Waals surface area contributed by atoms with Gasteiger partial charge in [-0.2, -0.15) is 0 Å². The summed E-state index contributed by atoms with van der Waals surface area (Å²) in [5.74, 6) is 1.28. The van der Waals surface area contributed by atoms with Gasteiger partial charge in [-0.15, -0.1) is 0 Å². The van der Waals surface area contributed by atoms with E-state index >= 15 is 0 Å². The predicted octanol–water partition coefficient (Wildman–Crippen LogP) is 0.704. The molecule has 0 radical (unpaired) electrons. The zero-order valence-electron chi connectivity index (χ0n) is 11.0. The van der Waals surface area contributed by atoms with Gasteiger partial charge >= 0.3 is 0 Å². The number of hydrogen-bond acceptors (Lipinski definition) is 5. The average molecular weight is 288 g/mol. The Kier molecular flexibility index (Phi) is 4.98. The summed E-state index contributed by atoms with van der Waals surface area (Å²) >= 11 is 0. The second kappa shape index (κ2) is 6.51. The first kappa shape index (κ1) is 14.5. The van der Waals surface area contributed by atoms with E-state index in [9.17, 15) is 8.42 Å². The van der Waals surface area contributed by atoms with Crippen LogP contribution in [-0.2, 0) is 21.3 Å². The number of hydrogen-bond donors (Lipinski definition) is 2. The minimum Gasteiger partial charge on any atom is -0.447 e. The number of furan rings is 1. The molecule has 2 rings (SSSR count). The van der Waals surface area contributed by atoms with E-state index in [4.69, 9.17) is 9.15 Å². The maximum Gasteiger partial charge on any atom is 0.274 e. The van der Waals surface area contributed by atoms with Gasteiger partial charge < -0.3 is 14.5 Å². The van der Waals surface area contributed by atoms with E-state index in [2.05, 4.69) is 10.0 Å². The van der Waals surface area contributed by atoms with Gasteiger partial charge in [0.15, 0.2) is 0 Å². The fourth-order valence-electron chi connectivity index (χ4n) is 1.63. The highest BCUT2D eigenvalue weighted by atomic mass is 32.2. The minimum atomic E-state index is -3.57. The highest BCUT2D eigenvalue weighted by molar-refractivity contribution is 7.89. The largest absolute Gasteiger partial charge is 0.447 e. The Balaban J connectivity index is 1.75. The van der Waals surface area contributed by atoms with Crippen molar-refractivity contribution in [3.8, 4) is 0 Å². The molecule has 1 fully saturated rings. The minimum absolute atomic E-state index is 0.0556. The van der Waals surface area contributed by atoms with Crippen LogP contribution in [0, 0.1) is 5.92 Å². The highest BCUT2D eigenvalue weighted by Crippen LogP contribution is 2.28. The third kappa shape index (κ3) is 4.61. The lowest BCUT2D eigenvalue weighted by Gasteiger charge is -2.05. The SMILES string of the molecule is CNCc1ccc(S(=O)(=O)NCCOCC2CC2)o1. The predicted molar refractivity (Wildman–Crippen MR) is 70.2 cm³/mol. The Labute approximate surface area is 113 Å². The van der Waals surface area contributed by atoms with Crippen molar-refractivity contribution in [3.63, 3.8) is 0 Å². The van der Waals surface area contributed by atoms with E-state index in [-0.39, 0.29) is 11.6 Å². The van der Waals surface area contributed by atoms with Gasteiger partial charge in [0, 0.05) is 13.2 Å². The molecule has 0 aromatic carbocycles. The first-order valence-corrected chi connectivity index (χ1v) is 7.91. The van der Waals surface area contributed by atoms with Crippen LogP contribution in [0.3, 0.4) is 0 Å². The average Bonchev–Trinajstić information content (AvgIpc) is 3.06. The molecule has 1 aromatic heterocycles. The molecular formula is C12H20N2O4S. The molecule has 19 heavy (non-hydrogen) atoms. The summed E-state index contributed by atoms with van der Waals surface area (Å²) in [4.78, 5) is 0. The second-order valence-corrected chi connectivity index (χ2v) is 6.37. The van der Waals surface area contributed by atoms with Crippen molar-refractivity contribution in [2.45, 2.75) is 24.5 Å². The lowest BCUT2D eigenvalue weighted by atomic mass is 10.4. The molecule has 1 aliphatic rings. The molecule has 0 atom stereocenters. The Morgan fingerprint density at radius 2 is 2.21 bits per heavy atom. The molecule has 2 N–H and O–H groups in total. The van der Waals surface area contributed by atoms with E-state index in [1.165, 1.54) is 18.9 Å². The third-order valence-corrected chi connectivity index (χ3v) is 4.18. The van der Waals surface area contributed by atoms with Gasteiger partial charge in [0.2, 0.25) is 5.09 Å². The summed E-state index contributed by atoms with van der Waals surface area (Å²) in [6.45, 7) is 1.88. The fraction of sp³-hybridized carbons (Fsp3) is 0.667. The number of ether oxygens (including phenoxy) is 1. The van der Waals surface area contributed by atoms with Gasteiger partial charge in [-0.1, -0.05) is 0 Å². The lowest BCUT2D eigenvalue weighted by Crippen LogP contribution is -2.27. The summed E-state index contributed by atoms with van der Waals surface area (Å²) in [6, 6.07) is 3.11. The molecule has 6 nitrogen and oxygen atoms in total. The van der Waals surface area contributed by atoms with E-state index in [1.807, 2.05) is 0 Å². The van der Waals surface area contributed by atoms with Gasteiger partial charge in [-0.05, 0) is 37.9 Å². The van der Waals surface area contributed by atoms with Gasteiger partial charge in [-0.25, -0.2) is 13.1 Å². The molecule has 1 aromatic rings. The quantitative estimate of drug-likeness (QED) is 0.654. The lowest BCUT2D eigenvalue weighted by molar-refractivity contribution is 0.129. The molecule has 0 unspecified atom stereocenters. The summed E-state index contributed by atoms with van der Waals surface area (Å²) < 4.78 is 36.8. The molecule has 108 valence electrons. The standard InChI is InChI=1S/C12H20N2O4S/c1-13-8-11-4-5-12(18-11)19(15,16)14-6-7-17-9-10-2-3-10/h4-5,10,13-14H,2-3,6-9H2,1H3. The van der Waals surface area contributed by atoms with Crippen molar-refractivity contribution in [2.24, 2.45) is 5.92 Å². The molecule has 0 bridgehead atoms.